The maximum atomic E-state index is 10.4. The topological polar surface area (TPSA) is 68.8 Å². The number of nitrogens with zero attached hydrogens (tertiary/aromatic N) is 1. The molecule has 1 N–H and O–H groups in total. The molecule has 0 bridgehead atoms. The number of carboxylic acid groups (broad SMARTS) is 1. The summed E-state index contributed by atoms with van der Waals surface area (Å²) >= 11 is 5.76. The highest BCUT2D eigenvalue weighted by Gasteiger charge is 2.03. The Bertz CT molecular complexity index is 505. The number of benzene rings is 1. The highest BCUT2D eigenvalue weighted by Crippen LogP contribution is 2.20. The van der Waals surface area contributed by atoms with Crippen LogP contribution in [0.25, 0.3) is 11.3 Å². The lowest BCUT2D eigenvalue weighted by molar-refractivity contribution is -0.304. The minimum absolute atomic E-state index is 0.166. The quantitative estimate of drug-likeness (QED) is 0.864. The van der Waals surface area contributed by atoms with Crippen LogP contribution in [0.4, 0.5) is 0 Å². The van der Waals surface area contributed by atoms with Gasteiger partial charge in [0.15, 0.2) is 0 Å². The van der Waals surface area contributed by atoms with E-state index in [0.717, 1.165) is 5.56 Å². The van der Waals surface area contributed by atoms with Crippen molar-refractivity contribution in [1.82, 2.24) is 10.2 Å². The first-order chi connectivity index (χ1) is 7.65. The van der Waals surface area contributed by atoms with E-state index in [9.17, 15) is 9.90 Å². The first kappa shape index (κ1) is 10.7. The first-order valence-corrected chi connectivity index (χ1v) is 5.03. The molecule has 1 aromatic heterocycles. The van der Waals surface area contributed by atoms with Gasteiger partial charge in [0.1, 0.15) is 0 Å². The third-order valence-corrected chi connectivity index (χ3v) is 2.36. The summed E-state index contributed by atoms with van der Waals surface area (Å²) in [5.74, 6) is -1.13. The molecule has 0 atom stereocenters. The van der Waals surface area contributed by atoms with Gasteiger partial charge < -0.3 is 9.90 Å². The van der Waals surface area contributed by atoms with E-state index in [2.05, 4.69) is 10.2 Å². The zero-order chi connectivity index (χ0) is 11.5. The molecule has 0 aliphatic rings. The van der Waals surface area contributed by atoms with E-state index in [0.29, 0.717) is 16.4 Å². The van der Waals surface area contributed by atoms with Gasteiger partial charge >= 0.3 is 0 Å². The molecular weight excluding hydrogens is 228 g/mol. The number of carboxylic acids is 1. The molecule has 4 nitrogen and oxygen atoms in total. The molecule has 1 heterocycles. The Morgan fingerprint density at radius 2 is 2.06 bits per heavy atom. The monoisotopic (exact) mass is 235 g/mol. The van der Waals surface area contributed by atoms with Gasteiger partial charge in [-0.15, -0.1) is 0 Å². The number of carbonyl (C=O) groups excluding carboxylic acids is 1. The lowest BCUT2D eigenvalue weighted by Gasteiger charge is -1.96. The number of nitrogens with one attached hydrogen (secondary N) is 1. The lowest BCUT2D eigenvalue weighted by Crippen LogP contribution is -2.24. The number of aliphatic carboxylic acids is 1. The van der Waals surface area contributed by atoms with E-state index in [1.165, 1.54) is 0 Å². The first-order valence-electron chi connectivity index (χ1n) is 4.65. The van der Waals surface area contributed by atoms with E-state index in [1.807, 2.05) is 12.1 Å². The van der Waals surface area contributed by atoms with E-state index in [1.54, 1.807) is 18.2 Å². The molecule has 0 saturated heterocycles. The molecule has 16 heavy (non-hydrogen) atoms. The maximum absolute atomic E-state index is 10.4. The molecule has 2 rings (SSSR count). The van der Waals surface area contributed by atoms with Crippen LogP contribution in [0.2, 0.25) is 5.02 Å². The second-order valence-electron chi connectivity index (χ2n) is 3.33. The predicted octanol–water partition coefficient (Wildman–Crippen LogP) is 1.02. The fourth-order valence-corrected chi connectivity index (χ4v) is 1.50. The Morgan fingerprint density at radius 1 is 1.38 bits per heavy atom. The lowest BCUT2D eigenvalue weighted by atomic mass is 10.1. The SMILES string of the molecule is O=C([O-])Cc1cc(-c2ccc(Cl)cc2)n[nH]1. The van der Waals surface area contributed by atoms with Crippen LogP contribution in [0.3, 0.4) is 0 Å². The fourth-order valence-electron chi connectivity index (χ4n) is 1.38. The summed E-state index contributed by atoms with van der Waals surface area (Å²) in [6.45, 7) is 0. The molecule has 0 aliphatic carbocycles. The highest BCUT2D eigenvalue weighted by molar-refractivity contribution is 6.30. The van der Waals surface area contributed by atoms with Crippen molar-refractivity contribution in [3.05, 3.63) is 41.0 Å². The molecule has 0 saturated carbocycles. The van der Waals surface area contributed by atoms with Crippen LogP contribution in [-0.2, 0) is 11.2 Å². The number of halogens is 1. The van der Waals surface area contributed by atoms with Crippen molar-refractivity contribution in [2.75, 3.05) is 0 Å². The molecule has 5 heteroatoms. The van der Waals surface area contributed by atoms with Crippen LogP contribution < -0.4 is 5.11 Å². The van der Waals surface area contributed by atoms with Gasteiger partial charge in [0, 0.05) is 28.7 Å². The second kappa shape index (κ2) is 4.37. The third-order valence-electron chi connectivity index (χ3n) is 2.11. The van der Waals surface area contributed by atoms with Crippen molar-refractivity contribution in [1.29, 1.82) is 0 Å². The summed E-state index contributed by atoms with van der Waals surface area (Å²) in [7, 11) is 0. The Hall–Kier alpha value is -1.81. The Balaban J connectivity index is 2.24. The second-order valence-corrected chi connectivity index (χ2v) is 3.77. The minimum Gasteiger partial charge on any atom is -0.550 e. The average Bonchev–Trinajstić information content (AvgIpc) is 2.66. The molecule has 0 radical (unpaired) electrons. The molecule has 82 valence electrons. The standard InChI is InChI=1S/C11H9ClN2O2/c12-8-3-1-7(2-4-8)10-5-9(13-14-10)6-11(15)16/h1-5H,6H2,(H,13,14)(H,15,16)/p-1. The summed E-state index contributed by atoms with van der Waals surface area (Å²) in [6.07, 6.45) is -0.166. The van der Waals surface area contributed by atoms with Crippen LogP contribution in [0.5, 0.6) is 0 Å². The number of hydrogen-bond acceptors (Lipinski definition) is 3. The van der Waals surface area contributed by atoms with Crippen molar-refractivity contribution in [3.63, 3.8) is 0 Å². The van der Waals surface area contributed by atoms with Crippen molar-refractivity contribution in [2.24, 2.45) is 0 Å². The van der Waals surface area contributed by atoms with Crippen LogP contribution in [0.15, 0.2) is 30.3 Å². The molecule has 1 aromatic carbocycles. The summed E-state index contributed by atoms with van der Waals surface area (Å²) in [5, 5.41) is 17.7. The van der Waals surface area contributed by atoms with Gasteiger partial charge in [-0.2, -0.15) is 5.10 Å². The van der Waals surface area contributed by atoms with Gasteiger partial charge in [-0.25, -0.2) is 0 Å². The van der Waals surface area contributed by atoms with E-state index < -0.39 is 5.97 Å². The van der Waals surface area contributed by atoms with E-state index in [4.69, 9.17) is 11.6 Å². The van der Waals surface area contributed by atoms with Crippen LogP contribution in [0, 0.1) is 0 Å². The number of carbonyl (C=O) groups is 1. The van der Waals surface area contributed by atoms with Crippen LogP contribution in [-0.4, -0.2) is 16.2 Å². The van der Waals surface area contributed by atoms with Crippen LogP contribution >= 0.6 is 11.6 Å². The fraction of sp³-hybridized carbons (Fsp3) is 0.0909. The van der Waals surface area contributed by atoms with E-state index >= 15 is 0 Å². The largest absolute Gasteiger partial charge is 0.550 e. The maximum Gasteiger partial charge on any atom is 0.0923 e. The van der Waals surface area contributed by atoms with Crippen molar-refractivity contribution < 1.29 is 9.90 Å². The van der Waals surface area contributed by atoms with Gasteiger partial charge in [-0.3, -0.25) is 5.10 Å². The molecular formula is C11H8ClN2O2-. The molecule has 0 fully saturated rings. The number of hydrogen-bond donors (Lipinski definition) is 1. The van der Waals surface area contributed by atoms with Gasteiger partial charge in [-0.1, -0.05) is 23.7 Å². The highest BCUT2D eigenvalue weighted by atomic mass is 35.5. The molecule has 0 unspecified atom stereocenters. The van der Waals surface area contributed by atoms with Gasteiger partial charge in [0.05, 0.1) is 5.69 Å². The Morgan fingerprint density at radius 3 is 2.69 bits per heavy atom. The zero-order valence-electron chi connectivity index (χ0n) is 8.24. The van der Waals surface area contributed by atoms with Crippen molar-refractivity contribution >= 4 is 17.6 Å². The van der Waals surface area contributed by atoms with Gasteiger partial charge in [0.2, 0.25) is 0 Å². The third kappa shape index (κ3) is 2.41. The van der Waals surface area contributed by atoms with Crippen molar-refractivity contribution in [2.45, 2.75) is 6.42 Å². The normalized spacial score (nSPS) is 10.3. The predicted molar refractivity (Wildman–Crippen MR) is 57.7 cm³/mol. The minimum atomic E-state index is -1.13. The zero-order valence-corrected chi connectivity index (χ0v) is 8.99. The Kier molecular flexibility index (Phi) is 2.92. The summed E-state index contributed by atoms with van der Waals surface area (Å²) in [6, 6.07) is 8.83. The van der Waals surface area contributed by atoms with Crippen molar-refractivity contribution in [3.8, 4) is 11.3 Å². The van der Waals surface area contributed by atoms with Crippen LogP contribution in [0.1, 0.15) is 5.69 Å². The van der Waals surface area contributed by atoms with Gasteiger partial charge in [-0.05, 0) is 18.2 Å². The number of rotatable bonds is 3. The summed E-state index contributed by atoms with van der Waals surface area (Å²) < 4.78 is 0. The molecule has 0 spiro atoms. The summed E-state index contributed by atoms with van der Waals surface area (Å²) in [5.41, 5.74) is 2.09. The number of aromatic amines is 1. The van der Waals surface area contributed by atoms with E-state index in [-0.39, 0.29) is 6.42 Å². The van der Waals surface area contributed by atoms with Gasteiger partial charge in [0.25, 0.3) is 0 Å². The Labute approximate surface area is 96.9 Å². The molecule has 0 amide bonds. The average molecular weight is 236 g/mol. The number of H-pyrrole nitrogens is 1. The summed E-state index contributed by atoms with van der Waals surface area (Å²) in [4.78, 5) is 10.4. The molecule has 0 aliphatic heterocycles. The molecule has 2 aromatic rings. The smallest absolute Gasteiger partial charge is 0.0923 e. The number of aromatic nitrogens is 2.